The van der Waals surface area contributed by atoms with E-state index in [-0.39, 0.29) is 17.2 Å². The van der Waals surface area contributed by atoms with Crippen LogP contribution in [0.25, 0.3) is 0 Å². The van der Waals surface area contributed by atoms with Crippen LogP contribution >= 0.6 is 0 Å². The molecule has 1 aliphatic rings. The number of alkyl halides is 2. The molecule has 0 fully saturated rings. The molecule has 1 heterocycles. The largest absolute Gasteiger partial charge is 0.586 e. The topological polar surface area (TPSA) is 59.6 Å². The smallest absolute Gasteiger partial charge is 0.395 e. The predicted octanol–water partition coefficient (Wildman–Crippen LogP) is 3.73. The Morgan fingerprint density at radius 3 is 2.40 bits per heavy atom. The van der Waals surface area contributed by atoms with Crippen LogP contribution in [0.5, 0.6) is 11.5 Å². The number of carbonyl (C=O) groups excluding carboxylic acids is 1. The van der Waals surface area contributed by atoms with Crippen LogP contribution in [0, 0.1) is 11.6 Å². The maximum absolute atomic E-state index is 13.5. The van der Waals surface area contributed by atoms with Crippen molar-refractivity contribution in [2.24, 2.45) is 0 Å². The molecular formula is C16H12F4N2O3. The van der Waals surface area contributed by atoms with E-state index in [4.69, 9.17) is 0 Å². The van der Waals surface area contributed by atoms with Crippen LogP contribution < -0.4 is 20.1 Å². The van der Waals surface area contributed by atoms with Crippen molar-refractivity contribution in [2.75, 3.05) is 10.6 Å². The number of nitrogens with one attached hydrogen (secondary N) is 2. The van der Waals surface area contributed by atoms with Gasteiger partial charge in [0.25, 0.3) is 0 Å². The third kappa shape index (κ3) is 3.59. The van der Waals surface area contributed by atoms with Gasteiger partial charge in [-0.2, -0.15) is 0 Å². The van der Waals surface area contributed by atoms with Crippen molar-refractivity contribution in [2.45, 2.75) is 19.3 Å². The van der Waals surface area contributed by atoms with Crippen LogP contribution in [0.2, 0.25) is 0 Å². The summed E-state index contributed by atoms with van der Waals surface area (Å²) in [6, 6.07) is 6.15. The molecule has 1 atom stereocenters. The SMILES string of the molecule is CC(Nc1ccc2c(c1)OC(F)(F)O2)C(=O)Nc1c(F)cccc1F. The van der Waals surface area contributed by atoms with Gasteiger partial charge >= 0.3 is 6.29 Å². The van der Waals surface area contributed by atoms with E-state index in [1.807, 2.05) is 0 Å². The van der Waals surface area contributed by atoms with Crippen molar-refractivity contribution < 1.29 is 31.8 Å². The molecule has 9 heteroatoms. The summed E-state index contributed by atoms with van der Waals surface area (Å²) in [4.78, 5) is 12.1. The number of anilines is 2. The molecule has 0 bridgehead atoms. The summed E-state index contributed by atoms with van der Waals surface area (Å²) < 4.78 is 61.6. The fourth-order valence-electron chi connectivity index (χ4n) is 2.20. The number of rotatable bonds is 4. The molecule has 0 aliphatic carbocycles. The number of fused-ring (bicyclic) bond motifs is 1. The van der Waals surface area contributed by atoms with Gasteiger partial charge in [-0.05, 0) is 31.2 Å². The first-order chi connectivity index (χ1) is 11.7. The predicted molar refractivity (Wildman–Crippen MR) is 80.7 cm³/mol. The zero-order valence-corrected chi connectivity index (χ0v) is 12.8. The molecular weight excluding hydrogens is 344 g/mol. The van der Waals surface area contributed by atoms with Crippen LogP contribution in [-0.2, 0) is 4.79 Å². The lowest BCUT2D eigenvalue weighted by Crippen LogP contribution is -2.32. The molecule has 2 N–H and O–H groups in total. The Morgan fingerprint density at radius 2 is 1.72 bits per heavy atom. The Labute approximate surface area is 139 Å². The number of ether oxygens (including phenoxy) is 2. The summed E-state index contributed by atoms with van der Waals surface area (Å²) in [6.45, 7) is 1.44. The van der Waals surface area contributed by atoms with E-state index in [0.29, 0.717) is 0 Å². The lowest BCUT2D eigenvalue weighted by molar-refractivity contribution is -0.286. The Balaban J connectivity index is 1.69. The zero-order valence-electron chi connectivity index (χ0n) is 12.8. The van der Waals surface area contributed by atoms with Gasteiger partial charge in [0.05, 0.1) is 0 Å². The molecule has 0 saturated carbocycles. The van der Waals surface area contributed by atoms with Crippen molar-refractivity contribution in [3.8, 4) is 11.5 Å². The highest BCUT2D eigenvalue weighted by Crippen LogP contribution is 2.42. The molecule has 0 aromatic heterocycles. The van der Waals surface area contributed by atoms with Gasteiger partial charge in [0.15, 0.2) is 11.5 Å². The van der Waals surface area contributed by atoms with Crippen molar-refractivity contribution >= 4 is 17.3 Å². The molecule has 1 unspecified atom stereocenters. The van der Waals surface area contributed by atoms with Crippen molar-refractivity contribution in [3.05, 3.63) is 48.0 Å². The van der Waals surface area contributed by atoms with Crippen LogP contribution in [0.15, 0.2) is 36.4 Å². The van der Waals surface area contributed by atoms with E-state index in [9.17, 15) is 22.4 Å². The highest BCUT2D eigenvalue weighted by Gasteiger charge is 2.43. The van der Waals surface area contributed by atoms with Gasteiger partial charge in [-0.25, -0.2) is 8.78 Å². The molecule has 1 amide bonds. The Bertz CT molecular complexity index is 809. The molecule has 0 spiro atoms. The van der Waals surface area contributed by atoms with E-state index in [1.165, 1.54) is 31.2 Å². The number of benzene rings is 2. The second-order valence-corrected chi connectivity index (χ2v) is 5.28. The minimum absolute atomic E-state index is 0.138. The minimum Gasteiger partial charge on any atom is -0.395 e. The quantitative estimate of drug-likeness (QED) is 0.820. The van der Waals surface area contributed by atoms with Crippen molar-refractivity contribution in [3.63, 3.8) is 0 Å². The summed E-state index contributed by atoms with van der Waals surface area (Å²) >= 11 is 0. The Kier molecular flexibility index (Phi) is 4.15. The van der Waals surface area contributed by atoms with Gasteiger partial charge in [0.1, 0.15) is 23.4 Å². The third-order valence-corrected chi connectivity index (χ3v) is 3.39. The summed E-state index contributed by atoms with van der Waals surface area (Å²) in [5, 5.41) is 4.86. The van der Waals surface area contributed by atoms with Crippen LogP contribution in [0.1, 0.15) is 6.92 Å². The monoisotopic (exact) mass is 356 g/mol. The molecule has 0 radical (unpaired) electrons. The van der Waals surface area contributed by atoms with Gasteiger partial charge in [-0.3, -0.25) is 4.79 Å². The van der Waals surface area contributed by atoms with Gasteiger partial charge in [0.2, 0.25) is 5.91 Å². The molecule has 0 saturated heterocycles. The van der Waals surface area contributed by atoms with Crippen LogP contribution in [-0.4, -0.2) is 18.2 Å². The van der Waals surface area contributed by atoms with Crippen LogP contribution in [0.4, 0.5) is 28.9 Å². The highest BCUT2D eigenvalue weighted by molar-refractivity contribution is 5.96. The van der Waals surface area contributed by atoms with E-state index >= 15 is 0 Å². The number of amides is 1. The maximum atomic E-state index is 13.5. The number of halogens is 4. The molecule has 25 heavy (non-hydrogen) atoms. The molecule has 3 rings (SSSR count). The average Bonchev–Trinajstić information content (AvgIpc) is 2.84. The maximum Gasteiger partial charge on any atom is 0.586 e. The standard InChI is InChI=1S/C16H12F4N2O3/c1-8(15(23)22-14-10(17)3-2-4-11(14)18)21-9-5-6-12-13(7-9)25-16(19,20)24-12/h2-8,21H,1H3,(H,22,23). The highest BCUT2D eigenvalue weighted by atomic mass is 19.3. The average molecular weight is 356 g/mol. The number of carbonyl (C=O) groups is 1. The Hall–Kier alpha value is -2.97. The second kappa shape index (κ2) is 6.15. The van der Waals surface area contributed by atoms with E-state index < -0.39 is 35.6 Å². The van der Waals surface area contributed by atoms with Crippen LogP contribution in [0.3, 0.4) is 0 Å². The molecule has 5 nitrogen and oxygen atoms in total. The first-order valence-corrected chi connectivity index (χ1v) is 7.16. The normalized spacial score (nSPS) is 15.6. The fraction of sp³-hybridized carbons (Fsp3) is 0.188. The van der Waals surface area contributed by atoms with Gasteiger partial charge in [-0.1, -0.05) is 6.07 Å². The van der Waals surface area contributed by atoms with E-state index in [1.54, 1.807) is 0 Å². The zero-order chi connectivity index (χ0) is 18.2. The molecule has 2 aromatic rings. The summed E-state index contributed by atoms with van der Waals surface area (Å²) in [5.74, 6) is -2.87. The number of para-hydroxylation sites is 1. The minimum atomic E-state index is -3.74. The third-order valence-electron chi connectivity index (χ3n) is 3.39. The molecule has 1 aliphatic heterocycles. The lowest BCUT2D eigenvalue weighted by Gasteiger charge is -2.16. The fourth-order valence-corrected chi connectivity index (χ4v) is 2.20. The van der Waals surface area contributed by atoms with Crippen molar-refractivity contribution in [1.82, 2.24) is 0 Å². The number of hydrogen-bond acceptors (Lipinski definition) is 4. The first kappa shape index (κ1) is 16.9. The number of hydrogen-bond donors (Lipinski definition) is 2. The van der Waals surface area contributed by atoms with E-state index in [0.717, 1.165) is 12.1 Å². The van der Waals surface area contributed by atoms with Gasteiger partial charge < -0.3 is 20.1 Å². The van der Waals surface area contributed by atoms with E-state index in [2.05, 4.69) is 20.1 Å². The summed E-state index contributed by atoms with van der Waals surface area (Å²) in [7, 11) is 0. The van der Waals surface area contributed by atoms with Gasteiger partial charge in [0, 0.05) is 11.8 Å². The van der Waals surface area contributed by atoms with Gasteiger partial charge in [-0.15, -0.1) is 8.78 Å². The first-order valence-electron chi connectivity index (χ1n) is 7.16. The Morgan fingerprint density at radius 1 is 1.08 bits per heavy atom. The summed E-state index contributed by atoms with van der Waals surface area (Å²) in [5.41, 5.74) is -0.275. The second-order valence-electron chi connectivity index (χ2n) is 5.28. The lowest BCUT2D eigenvalue weighted by atomic mass is 10.2. The summed E-state index contributed by atoms with van der Waals surface area (Å²) in [6.07, 6.45) is -3.74. The van der Waals surface area contributed by atoms with Crippen molar-refractivity contribution in [1.29, 1.82) is 0 Å². The molecule has 132 valence electrons. The molecule has 2 aromatic carbocycles.